The van der Waals surface area contributed by atoms with Gasteiger partial charge in [-0.05, 0) is 27.7 Å². The van der Waals surface area contributed by atoms with Crippen molar-refractivity contribution in [2.75, 3.05) is 7.11 Å². The van der Waals surface area contributed by atoms with Gasteiger partial charge in [-0.1, -0.05) is 0 Å². The van der Waals surface area contributed by atoms with Gasteiger partial charge in [0, 0.05) is 7.11 Å². The van der Waals surface area contributed by atoms with Crippen molar-refractivity contribution in [3.05, 3.63) is 0 Å². The second kappa shape index (κ2) is 5.15. The molecule has 0 spiro atoms. The second-order valence-corrected chi connectivity index (χ2v) is 3.84. The fourth-order valence-corrected chi connectivity index (χ4v) is 0.934. The van der Waals surface area contributed by atoms with E-state index in [9.17, 15) is 9.59 Å². The molecule has 14 heavy (non-hydrogen) atoms. The molecule has 1 amide bonds. The molecule has 0 aliphatic carbocycles. The maximum Gasteiger partial charge on any atom is 0.319 e. The molecule has 0 rings (SSSR count). The zero-order chi connectivity index (χ0) is 11.4. The van der Waals surface area contributed by atoms with Crippen LogP contribution in [-0.2, 0) is 9.53 Å². The molecular weight excluding hydrogens is 181 g/mol. The molecule has 1 atom stereocenters. The first-order chi connectivity index (χ1) is 6.29. The molecule has 79 valence electrons. The lowest BCUT2D eigenvalue weighted by molar-refractivity contribution is -0.110. The van der Waals surface area contributed by atoms with E-state index < -0.39 is 5.54 Å². The summed E-state index contributed by atoms with van der Waals surface area (Å²) in [7, 11) is 2.61. The van der Waals surface area contributed by atoms with E-state index >= 15 is 0 Å². The van der Waals surface area contributed by atoms with E-state index in [1.807, 2.05) is 20.8 Å². The maximum atomic E-state index is 11.2. The zero-order valence-electron chi connectivity index (χ0n) is 9.38. The lowest BCUT2D eigenvalue weighted by Crippen LogP contribution is -2.53. The molecule has 0 aromatic heterocycles. The Morgan fingerprint density at radius 2 is 1.93 bits per heavy atom. The van der Waals surface area contributed by atoms with Crippen LogP contribution in [0.25, 0.3) is 0 Å². The van der Waals surface area contributed by atoms with Crippen LogP contribution >= 0.6 is 0 Å². The highest BCUT2D eigenvalue weighted by Gasteiger charge is 2.28. The number of carbonyl (C=O) groups excluding carboxylic acids is 2. The highest BCUT2D eigenvalue weighted by molar-refractivity contribution is 6.96. The maximum absolute atomic E-state index is 11.2. The Hall–Kier alpha value is -0.835. The van der Waals surface area contributed by atoms with Gasteiger partial charge in [0.15, 0.2) is 5.81 Å². The Labute approximate surface area is 85.6 Å². The van der Waals surface area contributed by atoms with E-state index in [0.29, 0.717) is 0 Å². The molecule has 0 aliphatic heterocycles. The number of amides is 1. The lowest BCUT2D eigenvalue weighted by Gasteiger charge is -2.31. The smallest absolute Gasteiger partial charge is 0.319 e. The second-order valence-electron chi connectivity index (χ2n) is 3.84. The normalized spacial score (nSPS) is 13.2. The molecule has 0 aromatic rings. The predicted octanol–water partition coefficient (Wildman–Crippen LogP) is 0.760. The molecular formula is C9H17BNO3. The topological polar surface area (TPSA) is 55.4 Å². The number of hydrogen-bond donors (Lipinski definition) is 1. The van der Waals surface area contributed by atoms with E-state index in [0.717, 1.165) is 7.28 Å². The molecule has 1 unspecified atom stereocenters. The van der Waals surface area contributed by atoms with Crippen molar-refractivity contribution in [2.45, 2.75) is 39.3 Å². The van der Waals surface area contributed by atoms with Gasteiger partial charge in [0.1, 0.15) is 0 Å². The van der Waals surface area contributed by atoms with Gasteiger partial charge in [-0.2, -0.15) is 0 Å². The summed E-state index contributed by atoms with van der Waals surface area (Å²) in [5.74, 6) is -0.383. The van der Waals surface area contributed by atoms with Crippen LogP contribution in [0.1, 0.15) is 27.7 Å². The quantitative estimate of drug-likeness (QED) is 0.663. The number of rotatable bonds is 5. The Bertz CT molecular complexity index is 228. The standard InChI is InChI=1S/C9H17BNO3/c1-6(14-5)9(3,4)11-8(13)10-7(2)12/h6H,1-5H3,(H,11,13). The third kappa shape index (κ3) is 4.41. The predicted molar refractivity (Wildman–Crippen MR) is 55.5 cm³/mol. The summed E-state index contributed by atoms with van der Waals surface area (Å²) < 4.78 is 5.11. The van der Waals surface area contributed by atoms with Gasteiger partial charge in [0.2, 0.25) is 0 Å². The SMILES string of the molecule is COC(C)C(C)(C)NC(=O)[B]C(C)=O. The minimum atomic E-state index is -0.488. The van der Waals surface area contributed by atoms with Crippen molar-refractivity contribution in [3.63, 3.8) is 0 Å². The molecule has 0 bridgehead atoms. The van der Waals surface area contributed by atoms with Crippen LogP contribution in [-0.4, -0.2) is 37.5 Å². The van der Waals surface area contributed by atoms with Gasteiger partial charge in [0.25, 0.3) is 0 Å². The number of ether oxygens (including phenoxy) is 1. The van der Waals surface area contributed by atoms with Crippen molar-refractivity contribution < 1.29 is 14.3 Å². The Balaban J connectivity index is 4.21. The highest BCUT2D eigenvalue weighted by atomic mass is 16.5. The van der Waals surface area contributed by atoms with Crippen molar-refractivity contribution in [2.24, 2.45) is 0 Å². The first-order valence-corrected chi connectivity index (χ1v) is 4.50. The van der Waals surface area contributed by atoms with Crippen molar-refractivity contribution >= 4 is 18.8 Å². The Kier molecular flexibility index (Phi) is 4.84. The zero-order valence-corrected chi connectivity index (χ0v) is 9.38. The molecule has 4 nitrogen and oxygen atoms in total. The van der Waals surface area contributed by atoms with Gasteiger partial charge in [0.05, 0.1) is 17.3 Å². The van der Waals surface area contributed by atoms with Gasteiger partial charge in [-0.3, -0.25) is 4.79 Å². The van der Waals surface area contributed by atoms with Gasteiger partial charge >= 0.3 is 7.28 Å². The molecule has 0 saturated heterocycles. The number of nitrogens with one attached hydrogen (secondary N) is 1. The van der Waals surface area contributed by atoms with E-state index in [2.05, 4.69) is 5.32 Å². The van der Waals surface area contributed by atoms with Crippen LogP contribution in [0.3, 0.4) is 0 Å². The van der Waals surface area contributed by atoms with E-state index in [-0.39, 0.29) is 17.6 Å². The third-order valence-electron chi connectivity index (χ3n) is 2.15. The summed E-state index contributed by atoms with van der Waals surface area (Å²) in [4.78, 5) is 21.9. The molecule has 0 aliphatic rings. The summed E-state index contributed by atoms with van der Waals surface area (Å²) in [5.41, 5.74) is -0.749. The van der Waals surface area contributed by atoms with Crippen LogP contribution in [0.15, 0.2) is 0 Å². The monoisotopic (exact) mass is 198 g/mol. The Morgan fingerprint density at radius 3 is 2.29 bits per heavy atom. The molecule has 1 N–H and O–H groups in total. The van der Waals surface area contributed by atoms with Crippen molar-refractivity contribution in [3.8, 4) is 0 Å². The average Bonchev–Trinajstić information content (AvgIpc) is 1.99. The number of hydrogen-bond acceptors (Lipinski definition) is 3. The van der Waals surface area contributed by atoms with Crippen molar-refractivity contribution in [1.29, 1.82) is 0 Å². The van der Waals surface area contributed by atoms with Crippen LogP contribution < -0.4 is 5.32 Å². The molecule has 5 heteroatoms. The first kappa shape index (κ1) is 13.2. The lowest BCUT2D eigenvalue weighted by atomic mass is 9.72. The van der Waals surface area contributed by atoms with Crippen molar-refractivity contribution in [1.82, 2.24) is 5.32 Å². The minimum absolute atomic E-state index is 0.119. The van der Waals surface area contributed by atoms with Crippen LogP contribution in [0.4, 0.5) is 4.79 Å². The van der Waals surface area contributed by atoms with E-state index in [1.54, 1.807) is 7.11 Å². The van der Waals surface area contributed by atoms with Crippen LogP contribution in [0.5, 0.6) is 0 Å². The van der Waals surface area contributed by atoms with Gasteiger partial charge in [-0.25, -0.2) is 0 Å². The fourth-order valence-electron chi connectivity index (χ4n) is 0.934. The summed E-state index contributed by atoms with van der Waals surface area (Å²) in [6.07, 6.45) is -0.119. The van der Waals surface area contributed by atoms with Gasteiger partial charge < -0.3 is 14.8 Å². The molecule has 1 radical (unpaired) electrons. The summed E-state index contributed by atoms with van der Waals surface area (Å²) in [6, 6.07) is 0. The number of methoxy groups -OCH3 is 1. The molecule has 0 saturated carbocycles. The largest absolute Gasteiger partial charge is 0.379 e. The molecule has 0 heterocycles. The number of carbonyl (C=O) groups is 2. The van der Waals surface area contributed by atoms with Crippen LogP contribution in [0.2, 0.25) is 0 Å². The van der Waals surface area contributed by atoms with E-state index in [4.69, 9.17) is 4.74 Å². The third-order valence-corrected chi connectivity index (χ3v) is 2.15. The van der Waals surface area contributed by atoms with E-state index in [1.165, 1.54) is 6.92 Å². The van der Waals surface area contributed by atoms with Crippen LogP contribution in [0, 0.1) is 0 Å². The highest BCUT2D eigenvalue weighted by Crippen LogP contribution is 2.11. The van der Waals surface area contributed by atoms with Gasteiger partial charge in [-0.15, -0.1) is 0 Å². The Morgan fingerprint density at radius 1 is 1.43 bits per heavy atom. The first-order valence-electron chi connectivity index (χ1n) is 4.50. The fraction of sp³-hybridized carbons (Fsp3) is 0.778. The average molecular weight is 198 g/mol. The summed E-state index contributed by atoms with van der Waals surface area (Å²) >= 11 is 0. The minimum Gasteiger partial charge on any atom is -0.379 e. The summed E-state index contributed by atoms with van der Waals surface area (Å²) in [6.45, 7) is 6.88. The molecule has 0 aromatic carbocycles. The molecule has 0 fully saturated rings. The summed E-state index contributed by atoms with van der Waals surface area (Å²) in [5, 5.41) is 2.70.